The smallest absolute Gasteiger partial charge is 0.246 e. The highest BCUT2D eigenvalue weighted by Crippen LogP contribution is 2.35. The number of hydrogen-bond acceptors (Lipinski definition) is 6. The maximum absolute atomic E-state index is 13.6. The van der Waals surface area contributed by atoms with Crippen LogP contribution in [0.5, 0.6) is 5.75 Å². The summed E-state index contributed by atoms with van der Waals surface area (Å²) >= 11 is 0. The molecule has 1 saturated carbocycles. The molecule has 2 atom stereocenters. The maximum atomic E-state index is 13.6. The number of benzene rings is 1. The standard InChI is InChI=1S/C21H32N2O5S/c1-28-18-9-11-19(12-10-18)29(26,27)20-15-16(21(24)22-25)13-14-23(20)17-7-5-3-2-4-6-8-17/h9-12,16-17,20,25H,2-8,13-15H2,1H3,(H,22,24). The normalized spacial score (nSPS) is 25.0. The summed E-state index contributed by atoms with van der Waals surface area (Å²) < 4.78 is 32.3. The van der Waals surface area contributed by atoms with E-state index in [1.54, 1.807) is 36.9 Å². The molecule has 0 radical (unpaired) electrons. The maximum Gasteiger partial charge on any atom is 0.246 e. The Morgan fingerprint density at radius 1 is 1.07 bits per heavy atom. The number of amides is 1. The first-order valence-corrected chi connectivity index (χ1v) is 12.1. The molecule has 1 amide bonds. The highest BCUT2D eigenvalue weighted by molar-refractivity contribution is 7.92. The zero-order valence-electron chi connectivity index (χ0n) is 17.0. The lowest BCUT2D eigenvalue weighted by Gasteiger charge is -2.43. The second-order valence-corrected chi connectivity index (χ2v) is 10.2. The third-order valence-electron chi connectivity index (χ3n) is 6.36. The molecule has 2 fully saturated rings. The first-order valence-electron chi connectivity index (χ1n) is 10.5. The van der Waals surface area contributed by atoms with E-state index in [0.717, 1.165) is 25.7 Å². The first kappa shape index (κ1) is 22.1. The van der Waals surface area contributed by atoms with Crippen LogP contribution in [0.25, 0.3) is 0 Å². The second-order valence-electron chi connectivity index (χ2n) is 8.11. The number of sulfone groups is 1. The summed E-state index contributed by atoms with van der Waals surface area (Å²) in [5.74, 6) is -0.415. The molecule has 7 nitrogen and oxygen atoms in total. The summed E-state index contributed by atoms with van der Waals surface area (Å²) in [5, 5.41) is 8.29. The van der Waals surface area contributed by atoms with Crippen molar-refractivity contribution < 1.29 is 23.2 Å². The molecule has 1 saturated heterocycles. The lowest BCUT2D eigenvalue weighted by atomic mass is 9.91. The summed E-state index contributed by atoms with van der Waals surface area (Å²) in [6, 6.07) is 6.65. The summed E-state index contributed by atoms with van der Waals surface area (Å²) in [6.07, 6.45) is 8.57. The second kappa shape index (κ2) is 9.91. The van der Waals surface area contributed by atoms with Gasteiger partial charge < -0.3 is 4.74 Å². The van der Waals surface area contributed by atoms with Crippen LogP contribution >= 0.6 is 0 Å². The van der Waals surface area contributed by atoms with E-state index in [0.29, 0.717) is 18.7 Å². The summed E-state index contributed by atoms with van der Waals surface area (Å²) in [7, 11) is -2.13. The Balaban J connectivity index is 1.90. The molecular formula is C21H32N2O5S. The first-order chi connectivity index (χ1) is 14.0. The zero-order valence-corrected chi connectivity index (χ0v) is 17.9. The van der Waals surface area contributed by atoms with Gasteiger partial charge in [-0.15, -0.1) is 0 Å². The molecule has 29 heavy (non-hydrogen) atoms. The van der Waals surface area contributed by atoms with Crippen molar-refractivity contribution >= 4 is 15.7 Å². The van der Waals surface area contributed by atoms with Gasteiger partial charge in [-0.1, -0.05) is 32.1 Å². The van der Waals surface area contributed by atoms with E-state index in [1.807, 2.05) is 0 Å². The fourth-order valence-electron chi connectivity index (χ4n) is 4.69. The quantitative estimate of drug-likeness (QED) is 0.557. The molecule has 0 aromatic heterocycles. The SMILES string of the molecule is COc1ccc(S(=O)(=O)C2CC(C(=O)NO)CCN2C2CCCCCCC2)cc1. The van der Waals surface area contributed by atoms with Crippen LogP contribution in [0.2, 0.25) is 0 Å². The van der Waals surface area contributed by atoms with Crippen LogP contribution < -0.4 is 10.2 Å². The Bertz CT molecular complexity index is 773. The Labute approximate surface area is 173 Å². The minimum absolute atomic E-state index is 0.192. The number of carbonyl (C=O) groups excluding carboxylic acids is 1. The number of hydroxylamine groups is 1. The van der Waals surface area contributed by atoms with Gasteiger partial charge in [-0.3, -0.25) is 14.9 Å². The highest BCUT2D eigenvalue weighted by atomic mass is 32.2. The van der Waals surface area contributed by atoms with Gasteiger partial charge in [0.1, 0.15) is 11.1 Å². The highest BCUT2D eigenvalue weighted by Gasteiger charge is 2.42. The predicted molar refractivity (Wildman–Crippen MR) is 109 cm³/mol. The molecule has 1 aliphatic carbocycles. The molecule has 2 N–H and O–H groups in total. The Kier molecular flexibility index (Phi) is 7.54. The van der Waals surface area contributed by atoms with Crippen molar-refractivity contribution in [3.63, 3.8) is 0 Å². The van der Waals surface area contributed by atoms with Gasteiger partial charge in [0, 0.05) is 18.5 Å². The van der Waals surface area contributed by atoms with Crippen LogP contribution in [0.1, 0.15) is 57.8 Å². The van der Waals surface area contributed by atoms with Crippen LogP contribution in [0, 0.1) is 5.92 Å². The molecule has 2 unspecified atom stereocenters. The Hall–Kier alpha value is -1.64. The average molecular weight is 425 g/mol. The van der Waals surface area contributed by atoms with E-state index in [9.17, 15) is 13.2 Å². The van der Waals surface area contributed by atoms with Crippen molar-refractivity contribution in [2.75, 3.05) is 13.7 Å². The van der Waals surface area contributed by atoms with Gasteiger partial charge in [0.25, 0.3) is 0 Å². The van der Waals surface area contributed by atoms with Crippen LogP contribution in [-0.4, -0.2) is 49.5 Å². The summed E-state index contributed by atoms with van der Waals surface area (Å²) in [6.45, 7) is 0.544. The fraction of sp³-hybridized carbons (Fsp3) is 0.667. The molecular weight excluding hydrogens is 392 g/mol. The molecule has 2 aliphatic rings. The van der Waals surface area contributed by atoms with Gasteiger partial charge in [0.05, 0.1) is 12.0 Å². The molecule has 162 valence electrons. The third-order valence-corrected chi connectivity index (χ3v) is 8.47. The van der Waals surface area contributed by atoms with Crippen LogP contribution in [0.3, 0.4) is 0 Å². The van der Waals surface area contributed by atoms with Gasteiger partial charge in [0.2, 0.25) is 5.91 Å². The minimum atomic E-state index is -3.67. The van der Waals surface area contributed by atoms with Gasteiger partial charge in [-0.05, 0) is 49.9 Å². The van der Waals surface area contributed by atoms with E-state index in [4.69, 9.17) is 9.94 Å². The minimum Gasteiger partial charge on any atom is -0.497 e. The number of nitrogens with zero attached hydrogens (tertiary/aromatic N) is 1. The van der Waals surface area contributed by atoms with Crippen molar-refractivity contribution in [2.45, 2.75) is 74.1 Å². The number of nitrogens with one attached hydrogen (secondary N) is 1. The molecule has 1 aromatic rings. The fourth-order valence-corrected chi connectivity index (χ4v) is 6.64. The Morgan fingerprint density at radius 2 is 1.69 bits per heavy atom. The van der Waals surface area contributed by atoms with Gasteiger partial charge in [-0.25, -0.2) is 13.9 Å². The van der Waals surface area contributed by atoms with Crippen molar-refractivity contribution in [3.8, 4) is 5.75 Å². The lowest BCUT2D eigenvalue weighted by molar-refractivity contribution is -0.135. The third kappa shape index (κ3) is 5.10. The van der Waals surface area contributed by atoms with Crippen molar-refractivity contribution in [3.05, 3.63) is 24.3 Å². The number of methoxy groups -OCH3 is 1. The predicted octanol–water partition coefficient (Wildman–Crippen LogP) is 3.13. The monoisotopic (exact) mass is 424 g/mol. The molecule has 1 aliphatic heterocycles. The summed E-state index contributed by atoms with van der Waals surface area (Å²) in [4.78, 5) is 14.4. The number of piperidine rings is 1. The van der Waals surface area contributed by atoms with Gasteiger partial charge in [-0.2, -0.15) is 0 Å². The van der Waals surface area contributed by atoms with E-state index >= 15 is 0 Å². The molecule has 1 heterocycles. The molecule has 3 rings (SSSR count). The van der Waals surface area contributed by atoms with E-state index < -0.39 is 27.0 Å². The van der Waals surface area contributed by atoms with Crippen molar-refractivity contribution in [2.24, 2.45) is 5.92 Å². The summed E-state index contributed by atoms with van der Waals surface area (Å²) in [5.41, 5.74) is 1.71. The van der Waals surface area contributed by atoms with E-state index in [-0.39, 0.29) is 17.4 Å². The number of carbonyl (C=O) groups is 1. The van der Waals surface area contributed by atoms with E-state index in [2.05, 4.69) is 4.90 Å². The average Bonchev–Trinajstić information content (AvgIpc) is 2.72. The van der Waals surface area contributed by atoms with Gasteiger partial charge in [0.15, 0.2) is 9.84 Å². The molecule has 0 bridgehead atoms. The van der Waals surface area contributed by atoms with Crippen LogP contribution in [-0.2, 0) is 14.6 Å². The van der Waals surface area contributed by atoms with Crippen molar-refractivity contribution in [1.82, 2.24) is 10.4 Å². The van der Waals surface area contributed by atoms with E-state index in [1.165, 1.54) is 19.3 Å². The number of likely N-dealkylation sites (tertiary alicyclic amines) is 1. The largest absolute Gasteiger partial charge is 0.497 e. The lowest BCUT2D eigenvalue weighted by Crippen LogP contribution is -2.53. The van der Waals surface area contributed by atoms with Crippen molar-refractivity contribution in [1.29, 1.82) is 0 Å². The topological polar surface area (TPSA) is 95.9 Å². The van der Waals surface area contributed by atoms with Crippen LogP contribution in [0.4, 0.5) is 0 Å². The molecule has 0 spiro atoms. The van der Waals surface area contributed by atoms with Crippen LogP contribution in [0.15, 0.2) is 29.2 Å². The number of ether oxygens (including phenoxy) is 1. The zero-order chi connectivity index (χ0) is 20.9. The number of hydrogen-bond donors (Lipinski definition) is 2. The Morgan fingerprint density at radius 3 is 2.28 bits per heavy atom. The number of rotatable bonds is 5. The molecule has 8 heteroatoms. The molecule has 1 aromatic carbocycles. The van der Waals surface area contributed by atoms with Gasteiger partial charge >= 0.3 is 0 Å².